The number of carbonyl (C=O) groups excluding carboxylic acids is 2. The van der Waals surface area contributed by atoms with Crippen LogP contribution in [0.5, 0.6) is 0 Å². The molecule has 170 valence electrons. The van der Waals surface area contributed by atoms with Gasteiger partial charge in [-0.25, -0.2) is 4.79 Å². The molecule has 0 bridgehead atoms. The molecule has 0 saturated carbocycles. The zero-order valence-electron chi connectivity index (χ0n) is 18.7. The number of aliphatic imine (C=N–C) groups is 1. The van der Waals surface area contributed by atoms with Crippen LogP contribution < -0.4 is 16.8 Å². The number of hydrogen-bond acceptors (Lipinski definition) is 4. The first kappa shape index (κ1) is 27.2. The summed E-state index contributed by atoms with van der Waals surface area (Å²) in [5, 5.41) is 2.80. The Morgan fingerprint density at radius 1 is 0.862 bits per heavy atom. The van der Waals surface area contributed by atoms with Crippen LogP contribution in [-0.4, -0.2) is 37.0 Å². The van der Waals surface area contributed by atoms with Crippen molar-refractivity contribution in [3.63, 3.8) is 0 Å². The summed E-state index contributed by atoms with van der Waals surface area (Å²) in [6, 6.07) is -0.635. The number of unbranched alkanes of at least 4 members (excludes halogenated alkanes) is 10. The van der Waals surface area contributed by atoms with Crippen molar-refractivity contribution in [2.45, 2.75) is 110 Å². The van der Waals surface area contributed by atoms with Gasteiger partial charge in [0.1, 0.15) is 6.04 Å². The number of nitrogens with zero attached hydrogens (tertiary/aromatic N) is 1. The van der Waals surface area contributed by atoms with Gasteiger partial charge in [-0.15, -0.1) is 0 Å². The minimum absolute atomic E-state index is 0.0261. The standard InChI is InChI=1S/C22H44N4O3/c1-3-5-6-7-8-9-10-11-12-13-14-17-20(27)26-19(21(28)29-4-2)16-15-18-25-22(23)24/h19H,3-18H2,1-2H3,(H,26,27)(H4,23,24,25). The van der Waals surface area contributed by atoms with Crippen molar-refractivity contribution in [3.8, 4) is 0 Å². The highest BCUT2D eigenvalue weighted by Gasteiger charge is 2.21. The molecule has 0 aliphatic rings. The van der Waals surface area contributed by atoms with Gasteiger partial charge in [-0.2, -0.15) is 0 Å². The van der Waals surface area contributed by atoms with E-state index >= 15 is 0 Å². The molecule has 1 unspecified atom stereocenters. The summed E-state index contributed by atoms with van der Waals surface area (Å²) in [6.45, 7) is 4.71. The van der Waals surface area contributed by atoms with E-state index in [0.29, 0.717) is 25.8 Å². The van der Waals surface area contributed by atoms with Gasteiger partial charge >= 0.3 is 5.97 Å². The van der Waals surface area contributed by atoms with Crippen molar-refractivity contribution < 1.29 is 14.3 Å². The molecule has 1 atom stereocenters. The first-order valence-corrected chi connectivity index (χ1v) is 11.5. The maximum atomic E-state index is 12.2. The quantitative estimate of drug-likeness (QED) is 0.129. The Hall–Kier alpha value is -1.79. The van der Waals surface area contributed by atoms with E-state index in [0.717, 1.165) is 12.8 Å². The maximum Gasteiger partial charge on any atom is 0.328 e. The lowest BCUT2D eigenvalue weighted by atomic mass is 10.0. The number of amides is 1. The Kier molecular flexibility index (Phi) is 18.3. The summed E-state index contributed by atoms with van der Waals surface area (Å²) in [7, 11) is 0. The van der Waals surface area contributed by atoms with Crippen LogP contribution in [0.3, 0.4) is 0 Å². The van der Waals surface area contributed by atoms with Crippen LogP contribution in [0.1, 0.15) is 104 Å². The Morgan fingerprint density at radius 2 is 1.41 bits per heavy atom. The molecule has 5 N–H and O–H groups in total. The minimum atomic E-state index is -0.635. The predicted molar refractivity (Wildman–Crippen MR) is 120 cm³/mol. The molecule has 0 heterocycles. The third-order valence-corrected chi connectivity index (χ3v) is 4.86. The van der Waals surface area contributed by atoms with E-state index in [1.165, 1.54) is 57.8 Å². The Morgan fingerprint density at radius 3 is 1.93 bits per heavy atom. The van der Waals surface area contributed by atoms with Crippen molar-refractivity contribution >= 4 is 17.8 Å². The first-order chi connectivity index (χ1) is 14.0. The van der Waals surface area contributed by atoms with Crippen LogP contribution in [0.25, 0.3) is 0 Å². The molecule has 0 aromatic heterocycles. The number of nitrogens with one attached hydrogen (secondary N) is 1. The molecule has 0 aliphatic heterocycles. The monoisotopic (exact) mass is 412 g/mol. The Labute approximate surface area is 177 Å². The fraction of sp³-hybridized carbons (Fsp3) is 0.864. The van der Waals surface area contributed by atoms with Crippen molar-refractivity contribution in [1.29, 1.82) is 0 Å². The molecule has 7 heteroatoms. The number of nitrogens with two attached hydrogens (primary N) is 2. The fourth-order valence-corrected chi connectivity index (χ4v) is 3.21. The lowest BCUT2D eigenvalue weighted by Gasteiger charge is -2.17. The highest BCUT2D eigenvalue weighted by Crippen LogP contribution is 2.12. The number of esters is 1. The van der Waals surface area contributed by atoms with Gasteiger partial charge in [-0.1, -0.05) is 71.1 Å². The van der Waals surface area contributed by atoms with Gasteiger partial charge in [0.15, 0.2) is 5.96 Å². The third-order valence-electron chi connectivity index (χ3n) is 4.86. The molecular weight excluding hydrogens is 368 g/mol. The van der Waals surface area contributed by atoms with Gasteiger partial charge in [-0.3, -0.25) is 9.79 Å². The number of carbonyl (C=O) groups is 2. The zero-order valence-corrected chi connectivity index (χ0v) is 18.7. The molecule has 29 heavy (non-hydrogen) atoms. The lowest BCUT2D eigenvalue weighted by Crippen LogP contribution is -2.42. The van der Waals surface area contributed by atoms with Gasteiger partial charge < -0.3 is 21.5 Å². The van der Waals surface area contributed by atoms with E-state index in [9.17, 15) is 9.59 Å². The zero-order chi connectivity index (χ0) is 21.7. The average Bonchev–Trinajstić information content (AvgIpc) is 2.68. The molecule has 0 aromatic rings. The third kappa shape index (κ3) is 18.0. The normalized spacial score (nSPS) is 11.7. The number of hydrogen-bond donors (Lipinski definition) is 3. The van der Waals surface area contributed by atoms with E-state index in [4.69, 9.17) is 16.2 Å². The van der Waals surface area contributed by atoms with Crippen LogP contribution in [0.2, 0.25) is 0 Å². The molecule has 0 aromatic carbocycles. The van der Waals surface area contributed by atoms with E-state index in [-0.39, 0.29) is 18.5 Å². The summed E-state index contributed by atoms with van der Waals surface area (Å²) in [6.07, 6.45) is 15.2. The lowest BCUT2D eigenvalue weighted by molar-refractivity contribution is -0.147. The molecule has 0 spiro atoms. The molecule has 0 radical (unpaired) electrons. The summed E-state index contributed by atoms with van der Waals surface area (Å²) in [5.74, 6) is -0.469. The van der Waals surface area contributed by atoms with E-state index < -0.39 is 12.0 Å². The van der Waals surface area contributed by atoms with Crippen molar-refractivity contribution in [1.82, 2.24) is 5.32 Å². The summed E-state index contributed by atoms with van der Waals surface area (Å²) < 4.78 is 5.06. The fourth-order valence-electron chi connectivity index (χ4n) is 3.21. The van der Waals surface area contributed by atoms with Crippen LogP contribution in [0.15, 0.2) is 4.99 Å². The topological polar surface area (TPSA) is 120 Å². The first-order valence-electron chi connectivity index (χ1n) is 11.5. The van der Waals surface area contributed by atoms with Crippen LogP contribution in [-0.2, 0) is 14.3 Å². The molecule has 1 amide bonds. The van der Waals surface area contributed by atoms with Crippen molar-refractivity contribution in [2.75, 3.05) is 13.2 Å². The highest BCUT2D eigenvalue weighted by molar-refractivity contribution is 5.84. The van der Waals surface area contributed by atoms with Crippen LogP contribution in [0, 0.1) is 0 Å². The van der Waals surface area contributed by atoms with Gasteiger partial charge in [0.2, 0.25) is 5.91 Å². The van der Waals surface area contributed by atoms with Gasteiger partial charge in [0.05, 0.1) is 6.61 Å². The second-order valence-corrected chi connectivity index (χ2v) is 7.61. The van der Waals surface area contributed by atoms with Crippen LogP contribution in [0.4, 0.5) is 0 Å². The van der Waals surface area contributed by atoms with Crippen LogP contribution >= 0.6 is 0 Å². The Bertz CT molecular complexity index is 451. The van der Waals surface area contributed by atoms with Crippen molar-refractivity contribution in [3.05, 3.63) is 0 Å². The largest absolute Gasteiger partial charge is 0.464 e. The summed E-state index contributed by atoms with van der Waals surface area (Å²) in [5.41, 5.74) is 10.6. The molecule has 0 saturated heterocycles. The SMILES string of the molecule is CCCCCCCCCCCCCC(=O)NC(CCCN=C(N)N)C(=O)OCC. The number of ether oxygens (including phenoxy) is 1. The predicted octanol–water partition coefficient (Wildman–Crippen LogP) is 3.79. The summed E-state index contributed by atoms with van der Waals surface area (Å²) >= 11 is 0. The Balaban J connectivity index is 3.89. The van der Waals surface area contributed by atoms with Gasteiger partial charge in [-0.05, 0) is 26.2 Å². The average molecular weight is 413 g/mol. The summed E-state index contributed by atoms with van der Waals surface area (Å²) in [4.78, 5) is 28.1. The second kappa shape index (κ2) is 19.5. The molecule has 0 rings (SSSR count). The second-order valence-electron chi connectivity index (χ2n) is 7.61. The van der Waals surface area contributed by atoms with Gasteiger partial charge in [0, 0.05) is 13.0 Å². The van der Waals surface area contributed by atoms with Gasteiger partial charge in [0.25, 0.3) is 0 Å². The van der Waals surface area contributed by atoms with Crippen molar-refractivity contribution in [2.24, 2.45) is 16.5 Å². The maximum absolute atomic E-state index is 12.2. The molecular formula is C22H44N4O3. The number of guanidine groups is 1. The number of rotatable bonds is 19. The molecule has 0 fully saturated rings. The van der Waals surface area contributed by atoms with E-state index in [1.54, 1.807) is 6.92 Å². The highest BCUT2D eigenvalue weighted by atomic mass is 16.5. The minimum Gasteiger partial charge on any atom is -0.464 e. The molecule has 7 nitrogen and oxygen atoms in total. The molecule has 0 aliphatic carbocycles. The van der Waals surface area contributed by atoms with E-state index in [1.807, 2.05) is 0 Å². The smallest absolute Gasteiger partial charge is 0.328 e. The van der Waals surface area contributed by atoms with E-state index in [2.05, 4.69) is 17.2 Å².